The normalized spacial score (nSPS) is 19.2. The number of alkyl halides is 3. The fourth-order valence-corrected chi connectivity index (χ4v) is 4.89. The van der Waals surface area contributed by atoms with Crippen molar-refractivity contribution in [3.05, 3.63) is 52.2 Å². The number of hydrogen-bond donors (Lipinski definition) is 0. The van der Waals surface area contributed by atoms with E-state index in [1.54, 1.807) is 18.2 Å². The number of carbonyl (C=O) groups excluding carboxylic acids is 2. The molecule has 1 aliphatic carbocycles. The van der Waals surface area contributed by atoms with E-state index in [2.05, 4.69) is 4.98 Å². The summed E-state index contributed by atoms with van der Waals surface area (Å²) in [7, 11) is 0. The van der Waals surface area contributed by atoms with Gasteiger partial charge in [0.2, 0.25) is 5.88 Å². The second kappa shape index (κ2) is 9.06. The van der Waals surface area contributed by atoms with Crippen molar-refractivity contribution in [1.29, 1.82) is 0 Å². The number of Topliss-reactive ketones (excluding diaryl/α,β-unsaturated/α-hetero) is 2. The summed E-state index contributed by atoms with van der Waals surface area (Å²) in [4.78, 5) is 30.0. The van der Waals surface area contributed by atoms with Crippen molar-refractivity contribution in [2.45, 2.75) is 51.1 Å². The lowest BCUT2D eigenvalue weighted by Gasteiger charge is -2.41. The highest BCUT2D eigenvalue weighted by atomic mass is 35.5. The molecule has 2 aromatic rings. The zero-order valence-corrected chi connectivity index (χ0v) is 18.8. The van der Waals surface area contributed by atoms with E-state index < -0.39 is 17.7 Å². The van der Waals surface area contributed by atoms with Crippen LogP contribution in [0.15, 0.2) is 30.5 Å². The number of rotatable bonds is 4. The largest absolute Gasteiger partial charge is 0.438 e. The maximum atomic E-state index is 13.2. The van der Waals surface area contributed by atoms with E-state index in [4.69, 9.17) is 21.1 Å². The molecule has 0 bridgehead atoms. The highest BCUT2D eigenvalue weighted by molar-refractivity contribution is 6.31. The van der Waals surface area contributed by atoms with Gasteiger partial charge >= 0.3 is 6.18 Å². The number of nitrogens with zero attached hydrogens (tertiary/aromatic N) is 1. The number of benzene rings is 1. The van der Waals surface area contributed by atoms with Crippen LogP contribution in [0.3, 0.4) is 0 Å². The molecular formula is C24H23ClF3NO4. The molecule has 1 aliphatic heterocycles. The molecule has 2 aliphatic rings. The van der Waals surface area contributed by atoms with Gasteiger partial charge in [0.25, 0.3) is 0 Å². The average molecular weight is 482 g/mol. The molecule has 0 N–H and O–H groups in total. The molecule has 2 heterocycles. The van der Waals surface area contributed by atoms with Crippen LogP contribution in [0, 0.1) is 5.41 Å². The lowest BCUT2D eigenvalue weighted by molar-refractivity contribution is -0.140. The van der Waals surface area contributed by atoms with Crippen molar-refractivity contribution < 1.29 is 32.2 Å². The first kappa shape index (κ1) is 23.7. The minimum atomic E-state index is -4.57. The summed E-state index contributed by atoms with van der Waals surface area (Å²) in [5.41, 5.74) is 0.0989. The number of aromatic nitrogens is 1. The van der Waals surface area contributed by atoms with Crippen molar-refractivity contribution in [3.63, 3.8) is 0 Å². The van der Waals surface area contributed by atoms with Crippen molar-refractivity contribution >= 4 is 23.2 Å². The van der Waals surface area contributed by atoms with Crippen LogP contribution in [-0.2, 0) is 26.9 Å². The number of ether oxygens (including phenoxy) is 2. The SMILES string of the molecule is CCc1ccc(Oc2ncc(C(F)(F)F)cc2Cl)cc1C1C(=O)CC2(CCOCC2)CC1=O. The highest BCUT2D eigenvalue weighted by Gasteiger charge is 2.46. The zero-order valence-electron chi connectivity index (χ0n) is 18.0. The topological polar surface area (TPSA) is 65.5 Å². The Morgan fingerprint density at radius 2 is 1.82 bits per heavy atom. The van der Waals surface area contributed by atoms with Crippen molar-refractivity contribution in [2.75, 3.05) is 13.2 Å². The molecule has 1 saturated heterocycles. The Balaban J connectivity index is 1.61. The van der Waals surface area contributed by atoms with Crippen molar-refractivity contribution in [2.24, 2.45) is 5.41 Å². The van der Waals surface area contributed by atoms with Crippen LogP contribution >= 0.6 is 11.6 Å². The Bertz CT molecular complexity index is 1060. The first-order valence-corrected chi connectivity index (χ1v) is 11.2. The van der Waals surface area contributed by atoms with Crippen LogP contribution in [-0.4, -0.2) is 29.8 Å². The number of ketones is 2. The number of carbonyl (C=O) groups is 2. The summed E-state index contributed by atoms with van der Waals surface area (Å²) in [6, 6.07) is 5.71. The molecule has 33 heavy (non-hydrogen) atoms. The summed E-state index contributed by atoms with van der Waals surface area (Å²) in [5.74, 6) is -1.07. The third-order valence-corrected chi connectivity index (χ3v) is 6.73. The molecule has 0 amide bonds. The third-order valence-electron chi connectivity index (χ3n) is 6.45. The summed E-state index contributed by atoms with van der Waals surface area (Å²) in [5, 5.41) is -0.294. The van der Waals surface area contributed by atoms with Crippen LogP contribution in [0.4, 0.5) is 13.2 Å². The first-order chi connectivity index (χ1) is 15.6. The predicted molar refractivity (Wildman–Crippen MR) is 115 cm³/mol. The fraction of sp³-hybridized carbons (Fsp3) is 0.458. The standard InChI is InChI=1S/C24H23ClF3NO4/c1-2-14-3-4-16(33-22-18(25)9-15(13-29-22)24(26,27)28)10-17(14)21-19(30)11-23(12-20(21)31)5-7-32-8-6-23/h3-4,9-10,13,21H,2,5-8,11-12H2,1H3. The second-order valence-corrected chi connectivity index (χ2v) is 9.06. The van der Waals surface area contributed by atoms with E-state index in [0.29, 0.717) is 57.1 Å². The zero-order chi connectivity index (χ0) is 23.8. The van der Waals surface area contributed by atoms with E-state index >= 15 is 0 Å². The lowest BCUT2D eigenvalue weighted by Crippen LogP contribution is -2.42. The van der Waals surface area contributed by atoms with Gasteiger partial charge < -0.3 is 9.47 Å². The van der Waals surface area contributed by atoms with Crippen LogP contribution in [0.5, 0.6) is 11.6 Å². The van der Waals surface area contributed by atoms with Gasteiger partial charge in [-0.3, -0.25) is 9.59 Å². The maximum absolute atomic E-state index is 13.2. The Labute approximate surface area is 194 Å². The quantitative estimate of drug-likeness (QED) is 0.507. The van der Waals surface area contributed by atoms with Gasteiger partial charge in [-0.2, -0.15) is 13.2 Å². The van der Waals surface area contributed by atoms with Crippen LogP contribution in [0.25, 0.3) is 0 Å². The highest BCUT2D eigenvalue weighted by Crippen LogP contribution is 2.46. The van der Waals surface area contributed by atoms with Crippen LogP contribution < -0.4 is 4.74 Å². The summed E-state index contributed by atoms with van der Waals surface area (Å²) < 4.78 is 49.6. The summed E-state index contributed by atoms with van der Waals surface area (Å²) >= 11 is 5.96. The van der Waals surface area contributed by atoms with Gasteiger partial charge in [0.05, 0.1) is 5.56 Å². The molecule has 1 aromatic carbocycles. The molecule has 0 radical (unpaired) electrons. The minimum Gasteiger partial charge on any atom is -0.438 e. The number of pyridine rings is 1. The molecule has 0 unspecified atom stereocenters. The minimum absolute atomic E-state index is 0.120. The maximum Gasteiger partial charge on any atom is 0.417 e. The molecule has 1 aromatic heterocycles. The average Bonchev–Trinajstić information content (AvgIpc) is 2.74. The van der Waals surface area contributed by atoms with Gasteiger partial charge in [0, 0.05) is 32.3 Å². The van der Waals surface area contributed by atoms with Gasteiger partial charge in [-0.05, 0) is 54.0 Å². The second-order valence-electron chi connectivity index (χ2n) is 8.66. The monoisotopic (exact) mass is 481 g/mol. The summed E-state index contributed by atoms with van der Waals surface area (Å²) in [6.07, 6.45) is -1.29. The lowest BCUT2D eigenvalue weighted by atomic mass is 9.63. The number of halogens is 4. The Morgan fingerprint density at radius 1 is 1.15 bits per heavy atom. The molecular weight excluding hydrogens is 459 g/mol. The number of hydrogen-bond acceptors (Lipinski definition) is 5. The summed E-state index contributed by atoms with van der Waals surface area (Å²) in [6.45, 7) is 3.02. The molecule has 176 valence electrons. The van der Waals surface area contributed by atoms with Gasteiger partial charge in [0.15, 0.2) is 0 Å². The Kier molecular flexibility index (Phi) is 6.51. The van der Waals surface area contributed by atoms with Crippen molar-refractivity contribution in [3.8, 4) is 11.6 Å². The predicted octanol–water partition coefficient (Wildman–Crippen LogP) is 5.92. The first-order valence-electron chi connectivity index (χ1n) is 10.8. The molecule has 9 heteroatoms. The van der Waals surface area contributed by atoms with E-state index in [-0.39, 0.29) is 33.6 Å². The van der Waals surface area contributed by atoms with Gasteiger partial charge in [-0.25, -0.2) is 4.98 Å². The van der Waals surface area contributed by atoms with Gasteiger partial charge in [-0.15, -0.1) is 0 Å². The molecule has 1 saturated carbocycles. The van der Waals surface area contributed by atoms with Crippen LogP contribution in [0.1, 0.15) is 55.2 Å². The molecule has 5 nitrogen and oxygen atoms in total. The van der Waals surface area contributed by atoms with E-state index in [1.165, 1.54) is 0 Å². The van der Waals surface area contributed by atoms with E-state index in [9.17, 15) is 22.8 Å². The van der Waals surface area contributed by atoms with E-state index in [0.717, 1.165) is 11.6 Å². The van der Waals surface area contributed by atoms with Gasteiger partial charge in [0.1, 0.15) is 28.3 Å². The molecule has 2 fully saturated rings. The van der Waals surface area contributed by atoms with Crippen LogP contribution in [0.2, 0.25) is 5.02 Å². The Morgan fingerprint density at radius 3 is 2.39 bits per heavy atom. The van der Waals surface area contributed by atoms with Gasteiger partial charge in [-0.1, -0.05) is 24.6 Å². The number of aryl methyl sites for hydroxylation is 1. The third kappa shape index (κ3) is 4.92. The molecule has 0 atom stereocenters. The van der Waals surface area contributed by atoms with Crippen molar-refractivity contribution in [1.82, 2.24) is 4.98 Å². The van der Waals surface area contributed by atoms with E-state index in [1.807, 2.05) is 6.92 Å². The smallest absolute Gasteiger partial charge is 0.417 e. The molecule has 1 spiro atoms. The Hall–Kier alpha value is -2.45. The fourth-order valence-electron chi connectivity index (χ4n) is 4.68. The molecule has 4 rings (SSSR count).